The number of nitrogens with zero attached hydrogens (tertiary/aromatic N) is 2. The molecule has 0 aliphatic rings. The summed E-state index contributed by atoms with van der Waals surface area (Å²) >= 11 is 1.88. The second-order valence-corrected chi connectivity index (χ2v) is 12.8. The van der Waals surface area contributed by atoms with Gasteiger partial charge in [0.2, 0.25) is 0 Å². The van der Waals surface area contributed by atoms with Crippen LogP contribution >= 0.6 is 11.3 Å². The summed E-state index contributed by atoms with van der Waals surface area (Å²) in [4.78, 5) is 9.89. The molecule has 0 aliphatic heterocycles. The fourth-order valence-electron chi connectivity index (χ4n) is 7.28. The minimum Gasteiger partial charge on any atom is -0.254 e. The predicted octanol–water partition coefficient (Wildman–Crippen LogP) is 11.9. The number of fused-ring (bicyclic) bond motifs is 11. The third-order valence-corrected chi connectivity index (χ3v) is 10.4. The summed E-state index contributed by atoms with van der Waals surface area (Å²) in [5.41, 5.74) is 6.44. The molecule has 2 nitrogen and oxygen atoms in total. The summed E-state index contributed by atoms with van der Waals surface area (Å²) in [5, 5.41) is 12.5. The first-order valence-corrected chi connectivity index (χ1v) is 16.1. The van der Waals surface area contributed by atoms with Crippen molar-refractivity contribution in [1.82, 2.24) is 9.97 Å². The van der Waals surface area contributed by atoms with Crippen LogP contribution in [0, 0.1) is 0 Å². The van der Waals surface area contributed by atoms with Gasteiger partial charge < -0.3 is 0 Å². The molecule has 7 aromatic carbocycles. The van der Waals surface area contributed by atoms with E-state index in [-0.39, 0.29) is 0 Å². The predicted molar refractivity (Wildman–Crippen MR) is 193 cm³/mol. The molecular formula is C42H24N2S. The molecule has 0 saturated carbocycles. The van der Waals surface area contributed by atoms with Crippen molar-refractivity contribution in [1.29, 1.82) is 0 Å². The minimum atomic E-state index is 0.937. The second-order valence-electron chi connectivity index (χ2n) is 11.7. The normalized spacial score (nSPS) is 12.0. The molecule has 0 N–H and O–H groups in total. The molecule has 0 unspecified atom stereocenters. The van der Waals surface area contributed by atoms with Crippen molar-refractivity contribution in [2.24, 2.45) is 0 Å². The molecule has 45 heavy (non-hydrogen) atoms. The Labute approximate surface area is 262 Å². The average Bonchev–Trinajstić information content (AvgIpc) is 3.49. The lowest BCUT2D eigenvalue weighted by molar-refractivity contribution is 1.37. The van der Waals surface area contributed by atoms with Gasteiger partial charge >= 0.3 is 0 Å². The van der Waals surface area contributed by atoms with Gasteiger partial charge in [-0.2, -0.15) is 0 Å². The van der Waals surface area contributed by atoms with E-state index in [1.165, 1.54) is 63.6 Å². The van der Waals surface area contributed by atoms with Gasteiger partial charge in [-0.3, -0.25) is 4.98 Å². The Morgan fingerprint density at radius 1 is 0.400 bits per heavy atom. The number of benzene rings is 7. The molecule has 0 radical (unpaired) electrons. The molecule has 0 spiro atoms. The maximum Gasteiger partial charge on any atom is 0.0972 e. The Morgan fingerprint density at radius 3 is 1.96 bits per heavy atom. The quantitative estimate of drug-likeness (QED) is 0.188. The minimum absolute atomic E-state index is 0.937. The summed E-state index contributed by atoms with van der Waals surface area (Å²) in [7, 11) is 0. The number of aromatic nitrogens is 2. The van der Waals surface area contributed by atoms with Gasteiger partial charge in [-0.25, -0.2) is 4.98 Å². The van der Waals surface area contributed by atoms with E-state index in [2.05, 4.69) is 138 Å². The van der Waals surface area contributed by atoms with E-state index < -0.39 is 0 Å². The first-order chi connectivity index (χ1) is 22.3. The van der Waals surface area contributed by atoms with Crippen LogP contribution in [-0.2, 0) is 0 Å². The topological polar surface area (TPSA) is 25.8 Å². The molecular weight excluding hydrogens is 565 g/mol. The standard InChI is InChI=1S/C42H24N2S/c1-2-10-33-31(9-1)35(24-27-20-22-38-40(39(27)33)34-11-3-4-16-37(34)45-38)30-14-5-13-29-28(30)12-6-15-32(29)36-21-19-26-18-17-25-8-7-23-43-41(25)42(26)44-36/h1-24H. The Bertz CT molecular complexity index is 2830. The zero-order chi connectivity index (χ0) is 29.5. The molecule has 0 amide bonds. The summed E-state index contributed by atoms with van der Waals surface area (Å²) in [6, 6.07) is 50.6. The highest BCUT2D eigenvalue weighted by Crippen LogP contribution is 2.45. The molecule has 0 aliphatic carbocycles. The van der Waals surface area contributed by atoms with Crippen molar-refractivity contribution in [3.8, 4) is 22.4 Å². The molecule has 3 heterocycles. The van der Waals surface area contributed by atoms with Crippen LogP contribution in [0.1, 0.15) is 0 Å². The smallest absolute Gasteiger partial charge is 0.0972 e. The monoisotopic (exact) mass is 588 g/mol. The molecule has 0 fully saturated rings. The second kappa shape index (κ2) is 9.43. The first kappa shape index (κ1) is 24.8. The van der Waals surface area contributed by atoms with Crippen LogP contribution in [0.25, 0.3) is 96.7 Å². The van der Waals surface area contributed by atoms with E-state index in [1.807, 2.05) is 23.6 Å². The Hall–Kier alpha value is -5.64. The molecule has 0 bridgehead atoms. The lowest BCUT2D eigenvalue weighted by atomic mass is 9.88. The Kier molecular flexibility index (Phi) is 5.19. The van der Waals surface area contributed by atoms with Crippen molar-refractivity contribution >= 4 is 85.6 Å². The van der Waals surface area contributed by atoms with Gasteiger partial charge in [0.1, 0.15) is 0 Å². The van der Waals surface area contributed by atoms with Gasteiger partial charge in [-0.05, 0) is 73.8 Å². The fourth-order valence-corrected chi connectivity index (χ4v) is 8.39. The lowest BCUT2D eigenvalue weighted by Crippen LogP contribution is -1.91. The summed E-state index contributed by atoms with van der Waals surface area (Å²) in [6.45, 7) is 0. The van der Waals surface area contributed by atoms with Crippen molar-refractivity contribution < 1.29 is 0 Å². The zero-order valence-corrected chi connectivity index (χ0v) is 25.0. The zero-order valence-electron chi connectivity index (χ0n) is 24.2. The number of thiophene rings is 1. The van der Waals surface area contributed by atoms with Crippen molar-refractivity contribution in [3.05, 3.63) is 146 Å². The molecule has 3 aromatic heterocycles. The van der Waals surface area contributed by atoms with Gasteiger partial charge in [0.05, 0.1) is 16.7 Å². The largest absolute Gasteiger partial charge is 0.254 e. The van der Waals surface area contributed by atoms with Gasteiger partial charge in [-0.1, -0.05) is 109 Å². The molecule has 208 valence electrons. The van der Waals surface area contributed by atoms with Crippen LogP contribution < -0.4 is 0 Å². The van der Waals surface area contributed by atoms with Crippen molar-refractivity contribution in [2.45, 2.75) is 0 Å². The summed E-state index contributed by atoms with van der Waals surface area (Å²) in [5.74, 6) is 0. The van der Waals surface area contributed by atoms with Crippen LogP contribution in [0.15, 0.2) is 146 Å². The Morgan fingerprint density at radius 2 is 1.07 bits per heavy atom. The van der Waals surface area contributed by atoms with Crippen molar-refractivity contribution in [2.75, 3.05) is 0 Å². The van der Waals surface area contributed by atoms with Crippen molar-refractivity contribution in [3.63, 3.8) is 0 Å². The number of hydrogen-bond donors (Lipinski definition) is 0. The first-order valence-electron chi connectivity index (χ1n) is 15.2. The SMILES string of the molecule is c1cnc2c(c1)ccc1ccc(-c3cccc4c(-c5cc6ccc7sc8ccccc8c7c6c6ccccc56)cccc34)nc12. The molecule has 0 saturated heterocycles. The van der Waals surface area contributed by atoms with E-state index in [9.17, 15) is 0 Å². The van der Waals surface area contributed by atoms with E-state index in [4.69, 9.17) is 4.98 Å². The highest BCUT2D eigenvalue weighted by Gasteiger charge is 2.17. The number of hydrogen-bond acceptors (Lipinski definition) is 3. The summed E-state index contributed by atoms with van der Waals surface area (Å²) < 4.78 is 2.67. The summed E-state index contributed by atoms with van der Waals surface area (Å²) in [6.07, 6.45) is 1.85. The lowest BCUT2D eigenvalue weighted by Gasteiger charge is -2.15. The van der Waals surface area contributed by atoms with Gasteiger partial charge in [0.25, 0.3) is 0 Å². The van der Waals surface area contributed by atoms with Crippen LogP contribution in [0.3, 0.4) is 0 Å². The number of rotatable bonds is 2. The average molecular weight is 589 g/mol. The van der Waals surface area contributed by atoms with E-state index in [0.29, 0.717) is 0 Å². The highest BCUT2D eigenvalue weighted by molar-refractivity contribution is 7.26. The third-order valence-electron chi connectivity index (χ3n) is 9.28. The van der Waals surface area contributed by atoms with Crippen LogP contribution in [0.4, 0.5) is 0 Å². The number of pyridine rings is 2. The molecule has 3 heteroatoms. The molecule has 0 atom stereocenters. The van der Waals surface area contributed by atoms with E-state index in [1.54, 1.807) is 0 Å². The van der Waals surface area contributed by atoms with Crippen LogP contribution in [0.2, 0.25) is 0 Å². The highest BCUT2D eigenvalue weighted by atomic mass is 32.1. The van der Waals surface area contributed by atoms with E-state index >= 15 is 0 Å². The van der Waals surface area contributed by atoms with Gasteiger partial charge in [-0.15, -0.1) is 11.3 Å². The fraction of sp³-hybridized carbons (Fsp3) is 0. The maximum absolute atomic E-state index is 5.20. The maximum atomic E-state index is 5.20. The van der Waals surface area contributed by atoms with Crippen LogP contribution in [0.5, 0.6) is 0 Å². The molecule has 10 aromatic rings. The third kappa shape index (κ3) is 3.62. The van der Waals surface area contributed by atoms with Gasteiger partial charge in [0, 0.05) is 42.7 Å². The van der Waals surface area contributed by atoms with E-state index in [0.717, 1.165) is 33.1 Å². The molecule has 10 rings (SSSR count). The Balaban J connectivity index is 1.24. The van der Waals surface area contributed by atoms with Gasteiger partial charge in [0.15, 0.2) is 0 Å². The van der Waals surface area contributed by atoms with Crippen LogP contribution in [-0.4, -0.2) is 9.97 Å².